The van der Waals surface area contributed by atoms with Gasteiger partial charge in [-0.15, -0.1) is 4.90 Å². The molecule has 0 bridgehead atoms. The molecule has 0 saturated heterocycles. The topological polar surface area (TPSA) is 12.4 Å². The zero-order valence-corrected chi connectivity index (χ0v) is 11.7. The summed E-state index contributed by atoms with van der Waals surface area (Å²) < 4.78 is 0. The van der Waals surface area contributed by atoms with Crippen LogP contribution >= 0.6 is 0 Å². The van der Waals surface area contributed by atoms with Crippen molar-refractivity contribution in [2.75, 3.05) is 0 Å². The lowest BCUT2D eigenvalue weighted by molar-refractivity contribution is 1.30. The second-order valence-electron chi connectivity index (χ2n) is 4.54. The fourth-order valence-electron chi connectivity index (χ4n) is 2.09. The molecule has 0 aliphatic rings. The molecule has 92 valence electrons. The van der Waals surface area contributed by atoms with Crippen LogP contribution in [0.1, 0.15) is 22.3 Å². The number of para-hydroxylation sites is 1. The van der Waals surface area contributed by atoms with Gasteiger partial charge in [-0.25, -0.2) is 0 Å². The molecule has 0 radical (unpaired) electrons. The number of hydrogen-bond acceptors (Lipinski definition) is 2. The highest BCUT2D eigenvalue weighted by Crippen LogP contribution is 2.19. The Balaban J connectivity index is 2.38. The molecule has 0 amide bonds. The van der Waals surface area contributed by atoms with Gasteiger partial charge in [-0.1, -0.05) is 35.9 Å². The zero-order valence-electron chi connectivity index (χ0n) is 10.9. The Hall–Kier alpha value is -1.67. The van der Waals surface area contributed by atoms with Gasteiger partial charge in [0, 0.05) is 11.9 Å². The quantitative estimate of drug-likeness (QED) is 0.576. The van der Waals surface area contributed by atoms with Crippen LogP contribution in [0.15, 0.2) is 46.3 Å². The zero-order chi connectivity index (χ0) is 13.1. The third-order valence-electron chi connectivity index (χ3n) is 2.94. The van der Waals surface area contributed by atoms with Crippen LogP contribution in [-0.4, -0.2) is 6.21 Å². The normalized spacial score (nSPS) is 11.1. The van der Waals surface area contributed by atoms with Gasteiger partial charge in [0.25, 0.3) is 0 Å². The van der Waals surface area contributed by atoms with Crippen molar-refractivity contribution in [1.82, 2.24) is 0 Å². The molecule has 0 aromatic heterocycles. The molecule has 0 spiro atoms. The van der Waals surface area contributed by atoms with Crippen molar-refractivity contribution in [1.29, 1.82) is 0 Å². The van der Waals surface area contributed by atoms with E-state index in [0.29, 0.717) is 0 Å². The summed E-state index contributed by atoms with van der Waals surface area (Å²) in [6, 6.07) is 12.1. The van der Waals surface area contributed by atoms with Crippen LogP contribution in [0.2, 0.25) is 0 Å². The molecule has 0 N–H and O–H groups in total. The van der Waals surface area contributed by atoms with Crippen LogP contribution in [0, 0.1) is 20.8 Å². The molecule has 2 rings (SSSR count). The van der Waals surface area contributed by atoms with Crippen LogP contribution in [-0.2, 0) is 12.6 Å². The van der Waals surface area contributed by atoms with E-state index in [0.717, 1.165) is 10.6 Å². The Morgan fingerprint density at radius 1 is 1.00 bits per heavy atom. The number of nitrogens with zero attached hydrogens (tertiary/aromatic N) is 1. The Bertz CT molecular complexity index is 577. The minimum atomic E-state index is 0.788. The third-order valence-corrected chi connectivity index (χ3v) is 3.28. The minimum absolute atomic E-state index is 0.788. The first-order valence-corrected chi connectivity index (χ1v) is 6.36. The summed E-state index contributed by atoms with van der Waals surface area (Å²) in [4.78, 5) is 5.29. The van der Waals surface area contributed by atoms with Crippen molar-refractivity contribution in [3.05, 3.63) is 58.7 Å². The summed E-state index contributed by atoms with van der Waals surface area (Å²) in [5, 5.41) is 0. The van der Waals surface area contributed by atoms with Gasteiger partial charge in [0.2, 0.25) is 0 Å². The maximum absolute atomic E-state index is 5.24. The Morgan fingerprint density at radius 3 is 2.22 bits per heavy atom. The predicted octanol–water partition coefficient (Wildman–Crippen LogP) is 4.27. The molecule has 0 aliphatic heterocycles. The van der Waals surface area contributed by atoms with Crippen LogP contribution in [0.3, 0.4) is 0 Å². The molecule has 2 aromatic rings. The summed E-state index contributed by atoms with van der Waals surface area (Å²) in [5.41, 5.74) is 5.81. The van der Waals surface area contributed by atoms with Crippen LogP contribution in [0.4, 0.5) is 5.69 Å². The van der Waals surface area contributed by atoms with E-state index in [9.17, 15) is 0 Å². The molecule has 18 heavy (non-hydrogen) atoms. The van der Waals surface area contributed by atoms with E-state index in [4.69, 9.17) is 12.6 Å². The molecule has 0 atom stereocenters. The molecule has 2 heteroatoms. The van der Waals surface area contributed by atoms with Crippen molar-refractivity contribution >= 4 is 24.5 Å². The molecule has 2 aromatic carbocycles. The van der Waals surface area contributed by atoms with Gasteiger partial charge in [0.05, 0.1) is 0 Å². The van der Waals surface area contributed by atoms with Crippen LogP contribution in [0.5, 0.6) is 0 Å². The Labute approximate surface area is 114 Å². The molecule has 0 unspecified atom stereocenters. The fraction of sp³-hybridized carbons (Fsp3) is 0.188. The van der Waals surface area contributed by atoms with E-state index in [-0.39, 0.29) is 0 Å². The smallest absolute Gasteiger partial charge is 0.0438 e. The van der Waals surface area contributed by atoms with Crippen molar-refractivity contribution < 1.29 is 0 Å². The van der Waals surface area contributed by atoms with E-state index in [1.807, 2.05) is 30.5 Å². The van der Waals surface area contributed by atoms with Crippen LogP contribution in [0.25, 0.3) is 0 Å². The van der Waals surface area contributed by atoms with Gasteiger partial charge in [-0.05, 0) is 43.5 Å². The van der Waals surface area contributed by atoms with Gasteiger partial charge in [0.1, 0.15) is 0 Å². The summed E-state index contributed by atoms with van der Waals surface area (Å²) in [6.45, 7) is 6.33. The number of rotatable bonds is 2. The molecule has 1 nitrogen and oxygen atoms in total. The monoisotopic (exact) mass is 254 g/mol. The highest BCUT2D eigenvalue weighted by molar-refractivity contribution is 7.59. The summed E-state index contributed by atoms with van der Waals surface area (Å²) in [6.07, 6.45) is 1.91. The maximum atomic E-state index is 5.24. The molecule has 0 fully saturated rings. The minimum Gasteiger partial charge on any atom is -0.778 e. The molecule has 0 heterocycles. The Kier molecular flexibility index (Phi) is 3.78. The summed E-state index contributed by atoms with van der Waals surface area (Å²) in [7, 11) is 0. The van der Waals surface area contributed by atoms with Crippen molar-refractivity contribution in [3.8, 4) is 0 Å². The van der Waals surface area contributed by atoms with E-state index in [2.05, 4.69) is 37.9 Å². The standard InChI is InChI=1S/C16H17NS/c1-11-8-12(2)14(13(3)9-11)10-17-15-6-4-5-7-16(15)18/h4-10,18H,1-3H3/p-1. The van der Waals surface area contributed by atoms with Crippen LogP contribution < -0.4 is 0 Å². The third kappa shape index (κ3) is 2.77. The number of aryl methyl sites for hydroxylation is 3. The van der Waals surface area contributed by atoms with Gasteiger partial charge in [-0.3, -0.25) is 4.99 Å². The first-order valence-electron chi connectivity index (χ1n) is 5.96. The van der Waals surface area contributed by atoms with Crippen molar-refractivity contribution in [3.63, 3.8) is 0 Å². The highest BCUT2D eigenvalue weighted by Gasteiger charge is 2.00. The van der Waals surface area contributed by atoms with E-state index < -0.39 is 0 Å². The number of hydrogen-bond donors (Lipinski definition) is 0. The average Bonchev–Trinajstić information content (AvgIpc) is 2.30. The van der Waals surface area contributed by atoms with Gasteiger partial charge < -0.3 is 12.6 Å². The van der Waals surface area contributed by atoms with E-state index in [1.54, 1.807) is 0 Å². The first-order chi connectivity index (χ1) is 8.58. The highest BCUT2D eigenvalue weighted by atomic mass is 32.1. The van der Waals surface area contributed by atoms with Gasteiger partial charge in [0.15, 0.2) is 0 Å². The summed E-state index contributed by atoms with van der Waals surface area (Å²) >= 11 is 5.24. The molecule has 0 saturated carbocycles. The summed E-state index contributed by atoms with van der Waals surface area (Å²) in [5.74, 6) is 0. The van der Waals surface area contributed by atoms with Crippen molar-refractivity contribution in [2.24, 2.45) is 4.99 Å². The molecular formula is C16H16NS-. The first kappa shape index (κ1) is 12.8. The lowest BCUT2D eigenvalue weighted by atomic mass is 10.0. The van der Waals surface area contributed by atoms with Crippen molar-refractivity contribution in [2.45, 2.75) is 25.7 Å². The number of aliphatic imine (C=N–C) groups is 1. The number of benzene rings is 2. The fourth-order valence-corrected chi connectivity index (χ4v) is 2.29. The SMILES string of the molecule is Cc1cc(C)c(C=Nc2ccccc2[S-])c(C)c1. The van der Waals surface area contributed by atoms with Gasteiger partial charge in [-0.2, -0.15) is 0 Å². The predicted molar refractivity (Wildman–Crippen MR) is 80.0 cm³/mol. The maximum Gasteiger partial charge on any atom is 0.0438 e. The lowest BCUT2D eigenvalue weighted by Crippen LogP contribution is -1.93. The Morgan fingerprint density at radius 2 is 1.61 bits per heavy atom. The average molecular weight is 254 g/mol. The molecular weight excluding hydrogens is 238 g/mol. The second-order valence-corrected chi connectivity index (χ2v) is 4.98. The largest absolute Gasteiger partial charge is 0.778 e. The molecule has 0 aliphatic carbocycles. The van der Waals surface area contributed by atoms with E-state index in [1.165, 1.54) is 22.3 Å². The lowest BCUT2D eigenvalue weighted by Gasteiger charge is -2.10. The van der Waals surface area contributed by atoms with E-state index >= 15 is 0 Å². The second kappa shape index (κ2) is 5.32. The van der Waals surface area contributed by atoms with Gasteiger partial charge >= 0.3 is 0 Å².